The topological polar surface area (TPSA) is 43.1 Å². The van der Waals surface area contributed by atoms with Crippen molar-refractivity contribution in [1.82, 2.24) is 19.2 Å². The lowest BCUT2D eigenvalue weighted by molar-refractivity contribution is 0.0785. The molecule has 27 heavy (non-hydrogen) atoms. The van der Waals surface area contributed by atoms with E-state index < -0.39 is 5.82 Å². The number of carbonyl (C=O) groups excluding carboxylic acids is 1. The smallest absolute Gasteiger partial charge is 0.259 e. The average Bonchev–Trinajstić information content (AvgIpc) is 3.42. The quantitative estimate of drug-likeness (QED) is 0.522. The van der Waals surface area contributed by atoms with Gasteiger partial charge in [0.05, 0.1) is 6.20 Å². The van der Waals surface area contributed by atoms with Gasteiger partial charge in [0, 0.05) is 26.0 Å². The van der Waals surface area contributed by atoms with Crippen molar-refractivity contribution in [1.29, 1.82) is 0 Å². The zero-order chi connectivity index (χ0) is 18.8. The molecule has 0 saturated heterocycles. The lowest BCUT2D eigenvalue weighted by atomic mass is 10.2. The molecule has 0 saturated carbocycles. The second kappa shape index (κ2) is 7.20. The highest BCUT2D eigenvalue weighted by Crippen LogP contribution is 2.23. The van der Waals surface area contributed by atoms with E-state index in [2.05, 4.69) is 5.10 Å². The zero-order valence-electron chi connectivity index (χ0n) is 14.6. The van der Waals surface area contributed by atoms with Gasteiger partial charge in [-0.1, -0.05) is 12.1 Å². The van der Waals surface area contributed by atoms with Crippen molar-refractivity contribution in [2.24, 2.45) is 0 Å². The number of rotatable bonds is 5. The van der Waals surface area contributed by atoms with Gasteiger partial charge in [-0.3, -0.25) is 4.79 Å². The first kappa shape index (κ1) is 17.2. The van der Waals surface area contributed by atoms with Crippen LogP contribution in [0, 0.1) is 5.82 Å². The van der Waals surface area contributed by atoms with Gasteiger partial charge in [0.2, 0.25) is 0 Å². The third-order valence-electron chi connectivity index (χ3n) is 4.25. The van der Waals surface area contributed by atoms with Crippen LogP contribution in [0.25, 0.3) is 11.5 Å². The Labute approximate surface area is 159 Å². The molecule has 3 heterocycles. The summed E-state index contributed by atoms with van der Waals surface area (Å²) in [6.07, 6.45) is 5.11. The van der Waals surface area contributed by atoms with E-state index in [0.717, 1.165) is 5.56 Å². The fourth-order valence-electron chi connectivity index (χ4n) is 2.95. The van der Waals surface area contributed by atoms with Crippen LogP contribution >= 0.6 is 11.3 Å². The van der Waals surface area contributed by atoms with Gasteiger partial charge in [-0.2, -0.15) is 16.4 Å². The lowest BCUT2D eigenvalue weighted by Gasteiger charge is -2.17. The first-order valence-electron chi connectivity index (χ1n) is 8.38. The molecule has 7 heteroatoms. The third kappa shape index (κ3) is 3.29. The van der Waals surface area contributed by atoms with E-state index in [1.54, 1.807) is 46.1 Å². The van der Waals surface area contributed by atoms with Crippen LogP contribution in [-0.4, -0.2) is 32.2 Å². The van der Waals surface area contributed by atoms with Crippen LogP contribution in [-0.2, 0) is 6.54 Å². The fourth-order valence-corrected chi connectivity index (χ4v) is 3.61. The molecule has 0 aliphatic rings. The normalized spacial score (nSPS) is 10.9. The summed E-state index contributed by atoms with van der Waals surface area (Å²) < 4.78 is 17.6. The molecule has 0 atom stereocenters. The van der Waals surface area contributed by atoms with Crippen LogP contribution in [0.1, 0.15) is 15.9 Å². The van der Waals surface area contributed by atoms with Crippen molar-refractivity contribution >= 4 is 17.2 Å². The van der Waals surface area contributed by atoms with E-state index in [1.165, 1.54) is 16.9 Å². The molecule has 0 fully saturated rings. The average molecular weight is 380 g/mol. The maximum absolute atomic E-state index is 14.4. The van der Waals surface area contributed by atoms with Crippen LogP contribution < -0.4 is 0 Å². The molecule has 5 nitrogen and oxygen atoms in total. The Kier molecular flexibility index (Phi) is 4.60. The first-order valence-corrected chi connectivity index (χ1v) is 9.32. The molecule has 0 N–H and O–H groups in total. The molecule has 4 rings (SSSR count). The Morgan fingerprint density at radius 2 is 1.96 bits per heavy atom. The molecule has 4 aromatic rings. The number of halogens is 1. The van der Waals surface area contributed by atoms with Crippen molar-refractivity contribution in [2.75, 3.05) is 7.05 Å². The van der Waals surface area contributed by atoms with E-state index >= 15 is 0 Å². The summed E-state index contributed by atoms with van der Waals surface area (Å²) in [6.45, 7) is 0.498. The minimum Gasteiger partial charge on any atom is -0.337 e. The molecular weight excluding hydrogens is 363 g/mol. The summed E-state index contributed by atoms with van der Waals surface area (Å²) in [5.41, 5.74) is 1.77. The van der Waals surface area contributed by atoms with E-state index in [4.69, 9.17) is 0 Å². The molecule has 3 aromatic heterocycles. The van der Waals surface area contributed by atoms with E-state index in [-0.39, 0.29) is 5.91 Å². The Hall–Kier alpha value is -3.19. The monoisotopic (exact) mass is 380 g/mol. The second-order valence-electron chi connectivity index (χ2n) is 6.13. The predicted octanol–water partition coefficient (Wildman–Crippen LogP) is 4.14. The van der Waals surface area contributed by atoms with Crippen LogP contribution in [0.3, 0.4) is 0 Å². The highest BCUT2D eigenvalue weighted by Gasteiger charge is 2.23. The van der Waals surface area contributed by atoms with Crippen molar-refractivity contribution in [3.63, 3.8) is 0 Å². The predicted molar refractivity (Wildman–Crippen MR) is 103 cm³/mol. The molecule has 0 spiro atoms. The van der Waals surface area contributed by atoms with Gasteiger partial charge >= 0.3 is 0 Å². The largest absolute Gasteiger partial charge is 0.337 e. The number of benzene rings is 1. The standard InChI is InChI=1S/C20H17FN4OS/c1-23(13-15-8-11-27-14-15)20(26)16-12-22-25(18-7-3-2-6-17(18)21)19(16)24-9-4-5-10-24/h2-12,14H,13H2,1H3. The maximum Gasteiger partial charge on any atom is 0.259 e. The molecule has 136 valence electrons. The molecule has 0 radical (unpaired) electrons. The third-order valence-corrected chi connectivity index (χ3v) is 4.98. The highest BCUT2D eigenvalue weighted by molar-refractivity contribution is 7.07. The Bertz CT molecular complexity index is 1050. The Morgan fingerprint density at radius 3 is 2.67 bits per heavy atom. The summed E-state index contributed by atoms with van der Waals surface area (Å²) in [6, 6.07) is 12.1. The van der Waals surface area contributed by atoms with E-state index in [0.29, 0.717) is 23.6 Å². The number of hydrogen-bond acceptors (Lipinski definition) is 3. The van der Waals surface area contributed by atoms with Gasteiger partial charge < -0.3 is 9.47 Å². The minimum atomic E-state index is -0.403. The summed E-state index contributed by atoms with van der Waals surface area (Å²) in [7, 11) is 1.75. The van der Waals surface area contributed by atoms with Crippen molar-refractivity contribution in [3.05, 3.63) is 88.8 Å². The number of para-hydroxylation sites is 1. The van der Waals surface area contributed by atoms with Crippen molar-refractivity contribution in [3.8, 4) is 11.5 Å². The highest BCUT2D eigenvalue weighted by atomic mass is 32.1. The Morgan fingerprint density at radius 1 is 1.19 bits per heavy atom. The molecule has 1 amide bonds. The summed E-state index contributed by atoms with van der Waals surface area (Å²) in [4.78, 5) is 14.7. The zero-order valence-corrected chi connectivity index (χ0v) is 15.4. The molecular formula is C20H17FN4OS. The molecule has 1 aromatic carbocycles. The van der Waals surface area contributed by atoms with Gasteiger partial charge in [-0.25, -0.2) is 9.07 Å². The number of thiophene rings is 1. The van der Waals surface area contributed by atoms with Crippen LogP contribution in [0.2, 0.25) is 0 Å². The summed E-state index contributed by atoms with van der Waals surface area (Å²) >= 11 is 1.59. The van der Waals surface area contributed by atoms with Crippen LogP contribution in [0.5, 0.6) is 0 Å². The van der Waals surface area contributed by atoms with E-state index in [1.807, 2.05) is 41.4 Å². The van der Waals surface area contributed by atoms with Gasteiger partial charge in [0.25, 0.3) is 5.91 Å². The van der Waals surface area contributed by atoms with Gasteiger partial charge in [0.15, 0.2) is 5.82 Å². The molecule has 0 aliphatic carbocycles. The fraction of sp³-hybridized carbons (Fsp3) is 0.100. The summed E-state index contributed by atoms with van der Waals surface area (Å²) in [5, 5.41) is 8.31. The second-order valence-corrected chi connectivity index (χ2v) is 6.91. The SMILES string of the molecule is CN(Cc1ccsc1)C(=O)c1cnn(-c2ccccc2F)c1-n1cccc1. The number of nitrogens with zero attached hydrogens (tertiary/aromatic N) is 4. The molecule has 0 unspecified atom stereocenters. The van der Waals surface area contributed by atoms with Gasteiger partial charge in [0.1, 0.15) is 17.1 Å². The Balaban J connectivity index is 1.77. The summed E-state index contributed by atoms with van der Waals surface area (Å²) in [5.74, 6) is -0.0700. The number of aromatic nitrogens is 3. The van der Waals surface area contributed by atoms with Crippen LogP contribution in [0.15, 0.2) is 71.8 Å². The molecule has 0 aliphatic heterocycles. The number of amides is 1. The van der Waals surface area contributed by atoms with Crippen LogP contribution in [0.4, 0.5) is 4.39 Å². The van der Waals surface area contributed by atoms with Crippen molar-refractivity contribution < 1.29 is 9.18 Å². The lowest BCUT2D eigenvalue weighted by Crippen LogP contribution is -2.27. The van der Waals surface area contributed by atoms with E-state index in [9.17, 15) is 9.18 Å². The first-order chi connectivity index (χ1) is 13.1. The van der Waals surface area contributed by atoms with Crippen molar-refractivity contribution in [2.45, 2.75) is 6.54 Å². The maximum atomic E-state index is 14.4. The molecule has 0 bridgehead atoms. The number of hydrogen-bond donors (Lipinski definition) is 0. The van der Waals surface area contributed by atoms with Gasteiger partial charge in [-0.05, 0) is 46.7 Å². The van der Waals surface area contributed by atoms with Gasteiger partial charge in [-0.15, -0.1) is 0 Å². The minimum absolute atomic E-state index is 0.174. The number of carbonyl (C=O) groups is 1.